The van der Waals surface area contributed by atoms with Gasteiger partial charge in [0.15, 0.2) is 5.60 Å². The lowest BCUT2D eigenvalue weighted by Crippen LogP contribution is -2.47. The Labute approximate surface area is 128 Å². The van der Waals surface area contributed by atoms with Crippen LogP contribution in [0.2, 0.25) is 5.02 Å². The van der Waals surface area contributed by atoms with Gasteiger partial charge in [0.1, 0.15) is 5.75 Å². The van der Waals surface area contributed by atoms with Gasteiger partial charge in [0, 0.05) is 16.8 Å². The molecular weight excluding hydrogens is 290 g/mol. The zero-order valence-corrected chi connectivity index (χ0v) is 12.9. The van der Waals surface area contributed by atoms with Crippen molar-refractivity contribution in [2.75, 3.05) is 0 Å². The predicted molar refractivity (Wildman–Crippen MR) is 81.3 cm³/mol. The molecule has 21 heavy (non-hydrogen) atoms. The Morgan fingerprint density at radius 1 is 1.38 bits per heavy atom. The second-order valence-corrected chi connectivity index (χ2v) is 5.73. The lowest BCUT2D eigenvalue weighted by molar-refractivity contribution is -0.134. The monoisotopic (exact) mass is 307 g/mol. The highest BCUT2D eigenvalue weighted by atomic mass is 35.5. The molecule has 6 heteroatoms. The number of ether oxygens (including phenoxy) is 1. The van der Waals surface area contributed by atoms with Gasteiger partial charge in [-0.1, -0.05) is 11.6 Å². The first-order chi connectivity index (χ1) is 9.88. The lowest BCUT2D eigenvalue weighted by Gasteiger charge is -2.27. The third kappa shape index (κ3) is 3.98. The van der Waals surface area contributed by atoms with Gasteiger partial charge in [-0.2, -0.15) is 5.10 Å². The standard InChI is InChI=1S/C15H18ClN3O2/c1-10(11-8-17-18-9-11)19-14(20)15(2,3)21-13-6-4-12(16)5-7-13/h4-10H,1-3H3,(H,17,18)(H,19,20). The molecule has 1 aromatic heterocycles. The molecule has 1 unspecified atom stereocenters. The molecular formula is C15H18ClN3O2. The van der Waals surface area contributed by atoms with Crippen LogP contribution < -0.4 is 10.1 Å². The molecule has 5 nitrogen and oxygen atoms in total. The maximum Gasteiger partial charge on any atom is 0.264 e. The largest absolute Gasteiger partial charge is 0.478 e. The van der Waals surface area contributed by atoms with Gasteiger partial charge < -0.3 is 10.1 Å². The summed E-state index contributed by atoms with van der Waals surface area (Å²) < 4.78 is 5.74. The lowest BCUT2D eigenvalue weighted by atomic mass is 10.1. The Kier molecular flexibility index (Phi) is 4.53. The van der Waals surface area contributed by atoms with Crippen molar-refractivity contribution >= 4 is 17.5 Å². The smallest absolute Gasteiger partial charge is 0.264 e. The van der Waals surface area contributed by atoms with Gasteiger partial charge in [-0.15, -0.1) is 0 Å². The SMILES string of the molecule is CC(NC(=O)C(C)(C)Oc1ccc(Cl)cc1)c1cn[nH]c1. The van der Waals surface area contributed by atoms with Gasteiger partial charge in [0.2, 0.25) is 0 Å². The molecule has 1 aromatic carbocycles. The van der Waals surface area contributed by atoms with E-state index in [1.54, 1.807) is 50.5 Å². The molecule has 112 valence electrons. The number of hydrogen-bond donors (Lipinski definition) is 2. The first kappa shape index (κ1) is 15.4. The van der Waals surface area contributed by atoms with Crippen molar-refractivity contribution < 1.29 is 9.53 Å². The van der Waals surface area contributed by atoms with Gasteiger partial charge in [-0.05, 0) is 45.0 Å². The van der Waals surface area contributed by atoms with Crippen LogP contribution in [0.15, 0.2) is 36.7 Å². The quantitative estimate of drug-likeness (QED) is 0.892. The van der Waals surface area contributed by atoms with E-state index in [4.69, 9.17) is 16.3 Å². The summed E-state index contributed by atoms with van der Waals surface area (Å²) in [5, 5.41) is 10.1. The highest BCUT2D eigenvalue weighted by molar-refractivity contribution is 6.30. The minimum Gasteiger partial charge on any atom is -0.478 e. The van der Waals surface area contributed by atoms with E-state index in [1.165, 1.54) is 0 Å². The summed E-state index contributed by atoms with van der Waals surface area (Å²) in [5.74, 6) is 0.390. The van der Waals surface area contributed by atoms with E-state index in [1.807, 2.05) is 6.92 Å². The van der Waals surface area contributed by atoms with Crippen molar-refractivity contribution in [2.24, 2.45) is 0 Å². The highest BCUT2D eigenvalue weighted by Gasteiger charge is 2.31. The fourth-order valence-electron chi connectivity index (χ4n) is 1.80. The second-order valence-electron chi connectivity index (χ2n) is 5.29. The number of hydrogen-bond acceptors (Lipinski definition) is 3. The number of aromatic amines is 1. The molecule has 0 radical (unpaired) electrons. The van der Waals surface area contributed by atoms with Crippen LogP contribution in [0.25, 0.3) is 0 Å². The number of H-pyrrole nitrogens is 1. The van der Waals surface area contributed by atoms with E-state index in [9.17, 15) is 4.79 Å². The van der Waals surface area contributed by atoms with Crippen molar-refractivity contribution in [3.8, 4) is 5.75 Å². The number of benzene rings is 1. The fraction of sp³-hybridized carbons (Fsp3) is 0.333. The van der Waals surface area contributed by atoms with Gasteiger partial charge in [-0.25, -0.2) is 0 Å². The summed E-state index contributed by atoms with van der Waals surface area (Å²) in [5.41, 5.74) is -0.0862. The van der Waals surface area contributed by atoms with Crippen LogP contribution in [0, 0.1) is 0 Å². The van der Waals surface area contributed by atoms with Gasteiger partial charge in [-0.3, -0.25) is 9.89 Å². The Bertz CT molecular complexity index is 594. The normalized spacial score (nSPS) is 12.8. The molecule has 0 saturated carbocycles. The molecule has 0 aliphatic heterocycles. The van der Waals surface area contributed by atoms with E-state index in [0.717, 1.165) is 5.56 Å². The van der Waals surface area contributed by atoms with Crippen LogP contribution in [-0.2, 0) is 4.79 Å². The number of carbonyl (C=O) groups is 1. The topological polar surface area (TPSA) is 67.0 Å². The van der Waals surface area contributed by atoms with Crippen LogP contribution in [0.1, 0.15) is 32.4 Å². The van der Waals surface area contributed by atoms with Gasteiger partial charge in [0.25, 0.3) is 5.91 Å². The van der Waals surface area contributed by atoms with Crippen molar-refractivity contribution in [1.82, 2.24) is 15.5 Å². The molecule has 2 aromatic rings. The summed E-state index contributed by atoms with van der Waals surface area (Å²) >= 11 is 5.83. The molecule has 0 aliphatic carbocycles. The molecule has 0 aliphatic rings. The molecule has 1 amide bonds. The van der Waals surface area contributed by atoms with Gasteiger partial charge in [0.05, 0.1) is 12.2 Å². The molecule has 2 N–H and O–H groups in total. The summed E-state index contributed by atoms with van der Waals surface area (Å²) in [6.45, 7) is 5.33. The summed E-state index contributed by atoms with van der Waals surface area (Å²) in [7, 11) is 0. The van der Waals surface area contributed by atoms with Crippen LogP contribution in [-0.4, -0.2) is 21.7 Å². The summed E-state index contributed by atoms with van der Waals surface area (Å²) in [6.07, 6.45) is 3.43. The zero-order valence-electron chi connectivity index (χ0n) is 12.2. The summed E-state index contributed by atoms with van der Waals surface area (Å²) in [6, 6.07) is 6.76. The maximum atomic E-state index is 12.3. The molecule has 0 fully saturated rings. The first-order valence-corrected chi connectivity index (χ1v) is 7.00. The van der Waals surface area contributed by atoms with Crippen LogP contribution in [0.5, 0.6) is 5.75 Å². The van der Waals surface area contributed by atoms with E-state index in [0.29, 0.717) is 10.8 Å². The first-order valence-electron chi connectivity index (χ1n) is 6.63. The Morgan fingerprint density at radius 2 is 2.05 bits per heavy atom. The van der Waals surface area contributed by atoms with Gasteiger partial charge >= 0.3 is 0 Å². The van der Waals surface area contributed by atoms with Crippen molar-refractivity contribution in [3.63, 3.8) is 0 Å². The Morgan fingerprint density at radius 3 is 2.62 bits per heavy atom. The maximum absolute atomic E-state index is 12.3. The minimum absolute atomic E-state index is 0.149. The van der Waals surface area contributed by atoms with Crippen LogP contribution >= 0.6 is 11.6 Å². The highest BCUT2D eigenvalue weighted by Crippen LogP contribution is 2.22. The minimum atomic E-state index is -0.994. The average molecular weight is 308 g/mol. The third-order valence-electron chi connectivity index (χ3n) is 3.10. The molecule has 1 heterocycles. The number of rotatable bonds is 5. The molecule has 0 saturated heterocycles. The number of amides is 1. The van der Waals surface area contributed by atoms with E-state index < -0.39 is 5.60 Å². The zero-order chi connectivity index (χ0) is 15.5. The number of nitrogens with one attached hydrogen (secondary N) is 2. The second kappa shape index (κ2) is 6.18. The van der Waals surface area contributed by atoms with Crippen molar-refractivity contribution in [1.29, 1.82) is 0 Å². The fourth-order valence-corrected chi connectivity index (χ4v) is 1.92. The summed E-state index contributed by atoms with van der Waals surface area (Å²) in [4.78, 5) is 12.3. The number of halogens is 1. The third-order valence-corrected chi connectivity index (χ3v) is 3.35. The molecule has 1 atom stereocenters. The van der Waals surface area contributed by atoms with Crippen molar-refractivity contribution in [3.05, 3.63) is 47.2 Å². The molecule has 0 spiro atoms. The molecule has 0 bridgehead atoms. The Balaban J connectivity index is 2.01. The van der Waals surface area contributed by atoms with Crippen LogP contribution in [0.4, 0.5) is 0 Å². The van der Waals surface area contributed by atoms with E-state index in [-0.39, 0.29) is 11.9 Å². The van der Waals surface area contributed by atoms with E-state index in [2.05, 4.69) is 15.5 Å². The Hall–Kier alpha value is -2.01. The predicted octanol–water partition coefficient (Wildman–Crippen LogP) is 3.10. The average Bonchev–Trinajstić information content (AvgIpc) is 2.95. The number of nitrogens with zero attached hydrogens (tertiary/aromatic N) is 1. The van der Waals surface area contributed by atoms with E-state index >= 15 is 0 Å². The number of carbonyl (C=O) groups excluding carboxylic acids is 1. The number of aromatic nitrogens is 2. The van der Waals surface area contributed by atoms with Crippen molar-refractivity contribution in [2.45, 2.75) is 32.4 Å². The molecule has 2 rings (SSSR count). The van der Waals surface area contributed by atoms with Crippen LogP contribution in [0.3, 0.4) is 0 Å².